The highest BCUT2D eigenvalue weighted by molar-refractivity contribution is 9.10. The molecule has 1 heterocycles. The molecular weight excluding hydrogens is 353 g/mol. The van der Waals surface area contributed by atoms with Gasteiger partial charge in [-0.2, -0.15) is 0 Å². The monoisotopic (exact) mass is 359 g/mol. The van der Waals surface area contributed by atoms with Crippen LogP contribution in [0.4, 0.5) is 4.39 Å². The van der Waals surface area contributed by atoms with Crippen LogP contribution in [0.2, 0.25) is 0 Å². The summed E-state index contributed by atoms with van der Waals surface area (Å²) in [7, 11) is 0. The molecule has 0 saturated carbocycles. The van der Waals surface area contributed by atoms with Crippen LogP contribution in [0.15, 0.2) is 50.3 Å². The highest BCUT2D eigenvalue weighted by Crippen LogP contribution is 2.17. The number of pyridine rings is 1. The molecule has 1 aromatic carbocycles. The highest BCUT2D eigenvalue weighted by atomic mass is 79.9. The summed E-state index contributed by atoms with van der Waals surface area (Å²) in [5.41, 5.74) is 0.756. The zero-order chi connectivity index (χ0) is 12.4. The van der Waals surface area contributed by atoms with Crippen molar-refractivity contribution in [2.24, 2.45) is 0 Å². The fourth-order valence-electron chi connectivity index (χ4n) is 1.47. The Morgan fingerprint density at radius 3 is 2.65 bits per heavy atom. The first kappa shape index (κ1) is 12.5. The second-order valence-electron chi connectivity index (χ2n) is 3.54. The van der Waals surface area contributed by atoms with Crippen LogP contribution < -0.4 is 5.56 Å². The maximum Gasteiger partial charge on any atom is 0.265 e. The smallest absolute Gasteiger partial charge is 0.265 e. The standard InChI is InChI=1S/C12H8Br2FNO/c13-9-2-1-5-16(12(9)17)7-8-3-4-11(15)10(14)6-8/h1-6H,7H2. The minimum atomic E-state index is -0.310. The van der Waals surface area contributed by atoms with Crippen LogP contribution in [0.3, 0.4) is 0 Å². The molecule has 88 valence electrons. The van der Waals surface area contributed by atoms with E-state index in [0.29, 0.717) is 15.5 Å². The summed E-state index contributed by atoms with van der Waals surface area (Å²) < 4.78 is 15.5. The Labute approximate surface area is 114 Å². The molecule has 0 aliphatic rings. The van der Waals surface area contributed by atoms with Crippen molar-refractivity contribution in [2.75, 3.05) is 0 Å². The normalized spacial score (nSPS) is 10.5. The lowest BCUT2D eigenvalue weighted by molar-refractivity contribution is 0.619. The third kappa shape index (κ3) is 2.84. The zero-order valence-corrected chi connectivity index (χ0v) is 11.8. The van der Waals surface area contributed by atoms with E-state index in [9.17, 15) is 9.18 Å². The van der Waals surface area contributed by atoms with Crippen LogP contribution in [0.25, 0.3) is 0 Å². The van der Waals surface area contributed by atoms with Crippen LogP contribution in [0.1, 0.15) is 5.56 Å². The molecule has 0 fully saturated rings. The van der Waals surface area contributed by atoms with E-state index >= 15 is 0 Å². The van der Waals surface area contributed by atoms with Crippen molar-refractivity contribution in [3.8, 4) is 0 Å². The van der Waals surface area contributed by atoms with E-state index in [1.165, 1.54) is 6.07 Å². The minimum Gasteiger partial charge on any atom is -0.310 e. The molecular formula is C12H8Br2FNO. The van der Waals surface area contributed by atoms with Gasteiger partial charge in [-0.3, -0.25) is 4.79 Å². The van der Waals surface area contributed by atoms with Crippen molar-refractivity contribution in [1.82, 2.24) is 4.57 Å². The van der Waals surface area contributed by atoms with E-state index in [1.807, 2.05) is 0 Å². The number of benzene rings is 1. The first-order valence-corrected chi connectivity index (χ1v) is 6.45. The first-order chi connectivity index (χ1) is 8.08. The average Bonchev–Trinajstić information content (AvgIpc) is 2.30. The Kier molecular flexibility index (Phi) is 3.79. The predicted octanol–water partition coefficient (Wildman–Crippen LogP) is 3.56. The average molecular weight is 361 g/mol. The minimum absolute atomic E-state index is 0.104. The lowest BCUT2D eigenvalue weighted by Crippen LogP contribution is -2.20. The largest absolute Gasteiger partial charge is 0.310 e. The van der Waals surface area contributed by atoms with Crippen molar-refractivity contribution in [1.29, 1.82) is 0 Å². The summed E-state index contributed by atoms with van der Waals surface area (Å²) in [6, 6.07) is 8.18. The highest BCUT2D eigenvalue weighted by Gasteiger charge is 2.03. The molecule has 5 heteroatoms. The molecule has 0 bridgehead atoms. The Morgan fingerprint density at radius 1 is 1.18 bits per heavy atom. The number of nitrogens with zero attached hydrogens (tertiary/aromatic N) is 1. The molecule has 1 aromatic heterocycles. The quantitative estimate of drug-likeness (QED) is 0.802. The summed E-state index contributed by atoms with van der Waals surface area (Å²) in [5, 5.41) is 0. The SMILES string of the molecule is O=c1c(Br)cccn1Cc1ccc(F)c(Br)c1. The zero-order valence-electron chi connectivity index (χ0n) is 8.66. The predicted molar refractivity (Wildman–Crippen MR) is 71.6 cm³/mol. The van der Waals surface area contributed by atoms with Crippen LogP contribution in [0, 0.1) is 5.82 Å². The Hall–Kier alpha value is -0.940. The lowest BCUT2D eigenvalue weighted by atomic mass is 10.2. The molecule has 0 atom stereocenters. The molecule has 0 aliphatic heterocycles. The number of rotatable bonds is 2. The molecule has 2 nitrogen and oxygen atoms in total. The number of hydrogen-bond acceptors (Lipinski definition) is 1. The van der Waals surface area contributed by atoms with E-state index < -0.39 is 0 Å². The molecule has 0 unspecified atom stereocenters. The Balaban J connectivity index is 2.35. The Bertz CT molecular complexity index is 610. The summed E-state index contributed by atoms with van der Waals surface area (Å²) in [6.45, 7) is 0.414. The topological polar surface area (TPSA) is 22.0 Å². The van der Waals surface area contributed by atoms with Crippen LogP contribution in [0.5, 0.6) is 0 Å². The van der Waals surface area contributed by atoms with Gasteiger partial charge >= 0.3 is 0 Å². The van der Waals surface area contributed by atoms with E-state index in [0.717, 1.165) is 5.56 Å². The summed E-state index contributed by atoms with van der Waals surface area (Å²) in [6.07, 6.45) is 1.70. The van der Waals surface area contributed by atoms with Gasteiger partial charge in [0.05, 0.1) is 15.5 Å². The second kappa shape index (κ2) is 5.14. The van der Waals surface area contributed by atoms with E-state index in [1.54, 1.807) is 35.0 Å². The van der Waals surface area contributed by atoms with Crippen molar-refractivity contribution in [3.05, 3.63) is 67.2 Å². The van der Waals surface area contributed by atoms with Crippen LogP contribution >= 0.6 is 31.9 Å². The van der Waals surface area contributed by atoms with Crippen LogP contribution in [-0.2, 0) is 6.54 Å². The molecule has 17 heavy (non-hydrogen) atoms. The van der Waals surface area contributed by atoms with Crippen molar-refractivity contribution >= 4 is 31.9 Å². The van der Waals surface area contributed by atoms with E-state index in [4.69, 9.17) is 0 Å². The number of halogens is 3. The van der Waals surface area contributed by atoms with Crippen LogP contribution in [-0.4, -0.2) is 4.57 Å². The molecule has 0 radical (unpaired) electrons. The van der Waals surface area contributed by atoms with Gasteiger partial charge in [0.15, 0.2) is 0 Å². The van der Waals surface area contributed by atoms with Crippen molar-refractivity contribution in [2.45, 2.75) is 6.54 Å². The van der Waals surface area contributed by atoms with Gasteiger partial charge in [0.1, 0.15) is 5.82 Å². The van der Waals surface area contributed by atoms with Crippen molar-refractivity contribution in [3.63, 3.8) is 0 Å². The first-order valence-electron chi connectivity index (χ1n) is 4.87. The van der Waals surface area contributed by atoms with Gasteiger partial charge in [0.2, 0.25) is 0 Å². The second-order valence-corrected chi connectivity index (χ2v) is 5.25. The van der Waals surface area contributed by atoms with Gasteiger partial charge in [-0.25, -0.2) is 4.39 Å². The Morgan fingerprint density at radius 2 is 1.94 bits per heavy atom. The van der Waals surface area contributed by atoms with E-state index in [2.05, 4.69) is 31.9 Å². The number of hydrogen-bond donors (Lipinski definition) is 0. The molecule has 0 amide bonds. The fraction of sp³-hybridized carbons (Fsp3) is 0.0833. The number of aromatic nitrogens is 1. The molecule has 0 saturated heterocycles. The van der Waals surface area contributed by atoms with Gasteiger partial charge in [0, 0.05) is 6.20 Å². The maximum atomic E-state index is 13.1. The molecule has 2 aromatic rings. The van der Waals surface area contributed by atoms with Gasteiger partial charge in [-0.1, -0.05) is 6.07 Å². The summed E-state index contributed by atoms with van der Waals surface area (Å²) >= 11 is 6.30. The lowest BCUT2D eigenvalue weighted by Gasteiger charge is -2.06. The summed E-state index contributed by atoms with van der Waals surface area (Å²) in [5.74, 6) is -0.310. The van der Waals surface area contributed by atoms with Crippen molar-refractivity contribution < 1.29 is 4.39 Å². The molecule has 0 spiro atoms. The van der Waals surface area contributed by atoms with Gasteiger partial charge in [-0.05, 0) is 61.7 Å². The fourth-order valence-corrected chi connectivity index (χ4v) is 2.27. The van der Waals surface area contributed by atoms with E-state index in [-0.39, 0.29) is 11.4 Å². The van der Waals surface area contributed by atoms with Gasteiger partial charge in [-0.15, -0.1) is 0 Å². The van der Waals surface area contributed by atoms with Gasteiger partial charge in [0.25, 0.3) is 5.56 Å². The maximum absolute atomic E-state index is 13.1. The van der Waals surface area contributed by atoms with Gasteiger partial charge < -0.3 is 4.57 Å². The third-order valence-corrected chi connectivity index (χ3v) is 3.52. The third-order valence-electron chi connectivity index (χ3n) is 2.31. The molecule has 0 N–H and O–H groups in total. The summed E-state index contributed by atoms with van der Waals surface area (Å²) in [4.78, 5) is 11.8. The molecule has 0 aliphatic carbocycles. The molecule has 2 rings (SSSR count).